The molecular weight excluding hydrogens is 248 g/mol. The molecule has 0 aliphatic heterocycles. The normalized spacial score (nSPS) is 10.1. The Kier molecular flexibility index (Phi) is 4.31. The van der Waals surface area contributed by atoms with Crippen LogP contribution in [-0.4, -0.2) is 16.5 Å². The van der Waals surface area contributed by atoms with Crippen molar-refractivity contribution < 1.29 is 0 Å². The first-order chi connectivity index (χ1) is 9.65. The summed E-state index contributed by atoms with van der Waals surface area (Å²) in [5.41, 5.74) is 3.57. The van der Waals surface area contributed by atoms with Gasteiger partial charge in [-0.1, -0.05) is 6.07 Å². The Bertz CT molecular complexity index is 643. The summed E-state index contributed by atoms with van der Waals surface area (Å²) in [5.74, 6) is 0.735. The van der Waals surface area contributed by atoms with E-state index in [9.17, 15) is 5.26 Å². The molecule has 0 bridgehead atoms. The van der Waals surface area contributed by atoms with Crippen LogP contribution in [0.3, 0.4) is 0 Å². The second-order valence-electron chi connectivity index (χ2n) is 4.72. The lowest BCUT2D eigenvalue weighted by atomic mass is 10.1. The van der Waals surface area contributed by atoms with Gasteiger partial charge in [-0.2, -0.15) is 5.26 Å². The van der Waals surface area contributed by atoms with Crippen LogP contribution in [0, 0.1) is 25.2 Å². The SMILES string of the molecule is CCN(Cc1cccc(C)n1)c1nccc(C)c1C#N. The smallest absolute Gasteiger partial charge is 0.147 e. The zero-order chi connectivity index (χ0) is 14.5. The molecule has 2 heterocycles. The van der Waals surface area contributed by atoms with E-state index in [1.807, 2.05) is 38.1 Å². The third-order valence-corrected chi connectivity index (χ3v) is 3.23. The fourth-order valence-electron chi connectivity index (χ4n) is 2.14. The molecule has 0 atom stereocenters. The molecule has 0 spiro atoms. The summed E-state index contributed by atoms with van der Waals surface area (Å²) >= 11 is 0. The van der Waals surface area contributed by atoms with Crippen LogP contribution in [0.15, 0.2) is 30.5 Å². The van der Waals surface area contributed by atoms with Crippen LogP contribution in [0.2, 0.25) is 0 Å². The maximum atomic E-state index is 9.32. The first kappa shape index (κ1) is 14.0. The van der Waals surface area contributed by atoms with E-state index in [0.717, 1.165) is 29.3 Å². The van der Waals surface area contributed by atoms with E-state index in [0.29, 0.717) is 12.1 Å². The van der Waals surface area contributed by atoms with Crippen LogP contribution in [0.5, 0.6) is 0 Å². The van der Waals surface area contributed by atoms with Gasteiger partial charge in [-0.15, -0.1) is 0 Å². The van der Waals surface area contributed by atoms with Gasteiger partial charge >= 0.3 is 0 Å². The highest BCUT2D eigenvalue weighted by atomic mass is 15.2. The summed E-state index contributed by atoms with van der Waals surface area (Å²) < 4.78 is 0. The number of hydrogen-bond acceptors (Lipinski definition) is 4. The number of pyridine rings is 2. The summed E-state index contributed by atoms with van der Waals surface area (Å²) in [4.78, 5) is 11.0. The number of nitriles is 1. The monoisotopic (exact) mass is 266 g/mol. The van der Waals surface area contributed by atoms with E-state index in [4.69, 9.17) is 0 Å². The quantitative estimate of drug-likeness (QED) is 0.853. The first-order valence-electron chi connectivity index (χ1n) is 6.69. The number of hydrogen-bond donors (Lipinski definition) is 0. The van der Waals surface area contributed by atoms with Gasteiger partial charge in [0.15, 0.2) is 0 Å². The molecule has 4 nitrogen and oxygen atoms in total. The minimum Gasteiger partial charge on any atom is -0.350 e. The Hall–Kier alpha value is -2.41. The van der Waals surface area contributed by atoms with E-state index >= 15 is 0 Å². The van der Waals surface area contributed by atoms with E-state index in [-0.39, 0.29) is 0 Å². The molecule has 0 aromatic carbocycles. The van der Waals surface area contributed by atoms with E-state index in [1.54, 1.807) is 6.20 Å². The average Bonchev–Trinajstić information content (AvgIpc) is 2.44. The molecule has 0 radical (unpaired) electrons. The standard InChI is InChI=1S/C16H18N4/c1-4-20(11-14-7-5-6-13(3)19-14)16-15(10-17)12(2)8-9-18-16/h5-9H,4,11H2,1-3H3. The van der Waals surface area contributed by atoms with Crippen molar-refractivity contribution in [1.29, 1.82) is 5.26 Å². The van der Waals surface area contributed by atoms with Gasteiger partial charge in [0.2, 0.25) is 0 Å². The highest BCUT2D eigenvalue weighted by molar-refractivity contribution is 5.57. The lowest BCUT2D eigenvalue weighted by Crippen LogP contribution is -2.25. The Morgan fingerprint density at radius 1 is 1.25 bits per heavy atom. The number of aromatic nitrogens is 2. The molecule has 0 aliphatic rings. The average molecular weight is 266 g/mol. The fraction of sp³-hybridized carbons (Fsp3) is 0.312. The molecule has 2 aromatic rings. The molecule has 0 amide bonds. The predicted octanol–water partition coefficient (Wildman–Crippen LogP) is 2.99. The zero-order valence-corrected chi connectivity index (χ0v) is 12.1. The van der Waals surface area contributed by atoms with Crippen molar-refractivity contribution >= 4 is 5.82 Å². The van der Waals surface area contributed by atoms with Crippen LogP contribution in [0.1, 0.15) is 29.4 Å². The fourth-order valence-corrected chi connectivity index (χ4v) is 2.14. The molecule has 20 heavy (non-hydrogen) atoms. The number of nitrogens with zero attached hydrogens (tertiary/aromatic N) is 4. The van der Waals surface area contributed by atoms with E-state index in [1.165, 1.54) is 0 Å². The second kappa shape index (κ2) is 6.16. The number of rotatable bonds is 4. The Balaban J connectivity index is 2.34. The number of anilines is 1. The van der Waals surface area contributed by atoms with Gasteiger partial charge < -0.3 is 4.90 Å². The van der Waals surface area contributed by atoms with Crippen LogP contribution in [0.25, 0.3) is 0 Å². The van der Waals surface area contributed by atoms with Crippen molar-refractivity contribution in [1.82, 2.24) is 9.97 Å². The largest absolute Gasteiger partial charge is 0.350 e. The second-order valence-corrected chi connectivity index (χ2v) is 4.72. The molecule has 4 heteroatoms. The Labute approximate surface area is 119 Å². The third kappa shape index (κ3) is 2.94. The molecule has 0 fully saturated rings. The highest BCUT2D eigenvalue weighted by Gasteiger charge is 2.14. The van der Waals surface area contributed by atoms with Gasteiger partial charge in [-0.25, -0.2) is 4.98 Å². The van der Waals surface area contributed by atoms with Crippen molar-refractivity contribution in [3.8, 4) is 6.07 Å². The first-order valence-corrected chi connectivity index (χ1v) is 6.69. The molecular formula is C16H18N4. The lowest BCUT2D eigenvalue weighted by molar-refractivity contribution is 0.788. The molecule has 2 aromatic heterocycles. The van der Waals surface area contributed by atoms with Crippen LogP contribution in [-0.2, 0) is 6.54 Å². The molecule has 0 aliphatic carbocycles. The van der Waals surface area contributed by atoms with Gasteiger partial charge in [0, 0.05) is 18.4 Å². The number of aryl methyl sites for hydroxylation is 2. The van der Waals surface area contributed by atoms with Crippen molar-refractivity contribution in [3.05, 3.63) is 53.0 Å². The van der Waals surface area contributed by atoms with Gasteiger partial charge in [0.1, 0.15) is 11.9 Å². The molecule has 0 saturated heterocycles. The van der Waals surface area contributed by atoms with Crippen LogP contribution in [0.4, 0.5) is 5.82 Å². The minimum absolute atomic E-state index is 0.641. The molecule has 0 saturated carbocycles. The van der Waals surface area contributed by atoms with Crippen molar-refractivity contribution in [3.63, 3.8) is 0 Å². The maximum Gasteiger partial charge on any atom is 0.147 e. The Morgan fingerprint density at radius 2 is 2.05 bits per heavy atom. The minimum atomic E-state index is 0.641. The zero-order valence-electron chi connectivity index (χ0n) is 12.1. The van der Waals surface area contributed by atoms with E-state index < -0.39 is 0 Å². The lowest BCUT2D eigenvalue weighted by Gasteiger charge is -2.23. The third-order valence-electron chi connectivity index (χ3n) is 3.23. The molecule has 0 N–H and O–H groups in total. The van der Waals surface area contributed by atoms with Crippen molar-refractivity contribution in [2.24, 2.45) is 0 Å². The van der Waals surface area contributed by atoms with Gasteiger partial charge in [-0.3, -0.25) is 4.98 Å². The van der Waals surface area contributed by atoms with Gasteiger partial charge in [0.05, 0.1) is 17.8 Å². The van der Waals surface area contributed by atoms with Crippen LogP contribution >= 0.6 is 0 Å². The maximum absolute atomic E-state index is 9.32. The Morgan fingerprint density at radius 3 is 2.70 bits per heavy atom. The molecule has 2 rings (SSSR count). The van der Waals surface area contributed by atoms with Crippen molar-refractivity contribution in [2.45, 2.75) is 27.3 Å². The van der Waals surface area contributed by atoms with Crippen molar-refractivity contribution in [2.75, 3.05) is 11.4 Å². The predicted molar refractivity (Wildman–Crippen MR) is 79.4 cm³/mol. The topological polar surface area (TPSA) is 52.8 Å². The van der Waals surface area contributed by atoms with E-state index in [2.05, 4.69) is 27.9 Å². The summed E-state index contributed by atoms with van der Waals surface area (Å²) in [6, 6.07) is 10.1. The van der Waals surface area contributed by atoms with Gasteiger partial charge in [0.25, 0.3) is 0 Å². The van der Waals surface area contributed by atoms with Gasteiger partial charge in [-0.05, 0) is 44.5 Å². The summed E-state index contributed by atoms with van der Waals surface area (Å²) in [5, 5.41) is 9.32. The summed E-state index contributed by atoms with van der Waals surface area (Å²) in [7, 11) is 0. The highest BCUT2D eigenvalue weighted by Crippen LogP contribution is 2.21. The molecule has 102 valence electrons. The summed E-state index contributed by atoms with van der Waals surface area (Å²) in [6.07, 6.45) is 1.75. The molecule has 0 unspecified atom stereocenters. The summed E-state index contributed by atoms with van der Waals surface area (Å²) in [6.45, 7) is 7.40. The van der Waals surface area contributed by atoms with Crippen LogP contribution < -0.4 is 4.90 Å².